The van der Waals surface area contributed by atoms with Crippen molar-refractivity contribution in [3.05, 3.63) is 57.9 Å². The summed E-state index contributed by atoms with van der Waals surface area (Å²) in [4.78, 5) is 15.7. The molecule has 21 heavy (non-hydrogen) atoms. The normalized spacial score (nSPS) is 10.3. The monoisotopic (exact) mass is 304 g/mol. The summed E-state index contributed by atoms with van der Waals surface area (Å²) in [5, 5.41) is 3.56. The number of carbonyl (C=O) groups is 1. The SMILES string of the molecule is COC(=O)c1nc(Cl)cc(NCc2ccccc2C)c1C. The number of pyridine rings is 1. The van der Waals surface area contributed by atoms with E-state index in [2.05, 4.69) is 29.4 Å². The molecule has 1 aromatic heterocycles. The Morgan fingerprint density at radius 1 is 1.33 bits per heavy atom. The molecule has 2 aromatic rings. The van der Waals surface area contributed by atoms with E-state index in [1.54, 1.807) is 6.07 Å². The number of hydrogen-bond donors (Lipinski definition) is 1. The fraction of sp³-hybridized carbons (Fsp3) is 0.250. The molecule has 0 aliphatic carbocycles. The molecular formula is C16H17ClN2O2. The van der Waals surface area contributed by atoms with Gasteiger partial charge >= 0.3 is 5.97 Å². The molecule has 0 unspecified atom stereocenters. The van der Waals surface area contributed by atoms with Gasteiger partial charge in [-0.25, -0.2) is 9.78 Å². The Labute approximate surface area is 129 Å². The van der Waals surface area contributed by atoms with Crippen molar-refractivity contribution in [2.75, 3.05) is 12.4 Å². The Bertz CT molecular complexity index is 671. The summed E-state index contributed by atoms with van der Waals surface area (Å²) in [5.74, 6) is -0.492. The van der Waals surface area contributed by atoms with Crippen LogP contribution in [0.3, 0.4) is 0 Å². The van der Waals surface area contributed by atoms with Crippen molar-refractivity contribution in [3.8, 4) is 0 Å². The lowest BCUT2D eigenvalue weighted by Crippen LogP contribution is -2.10. The van der Waals surface area contributed by atoms with Crippen LogP contribution in [0.15, 0.2) is 30.3 Å². The Balaban J connectivity index is 2.26. The Morgan fingerprint density at radius 3 is 2.71 bits per heavy atom. The number of hydrogen-bond acceptors (Lipinski definition) is 4. The summed E-state index contributed by atoms with van der Waals surface area (Å²) < 4.78 is 4.72. The maximum Gasteiger partial charge on any atom is 0.357 e. The highest BCUT2D eigenvalue weighted by Crippen LogP contribution is 2.23. The molecule has 0 aliphatic rings. The smallest absolute Gasteiger partial charge is 0.357 e. The summed E-state index contributed by atoms with van der Waals surface area (Å²) in [6.07, 6.45) is 0. The van der Waals surface area contributed by atoms with Gasteiger partial charge in [-0.2, -0.15) is 0 Å². The lowest BCUT2D eigenvalue weighted by molar-refractivity contribution is 0.0593. The van der Waals surface area contributed by atoms with Gasteiger partial charge in [0.1, 0.15) is 5.15 Å². The molecule has 0 saturated heterocycles. The van der Waals surface area contributed by atoms with Crippen molar-refractivity contribution >= 4 is 23.3 Å². The minimum atomic E-state index is -0.492. The summed E-state index contributed by atoms with van der Waals surface area (Å²) in [5.41, 5.74) is 4.12. The minimum Gasteiger partial charge on any atom is -0.464 e. The highest BCUT2D eigenvalue weighted by Gasteiger charge is 2.15. The zero-order chi connectivity index (χ0) is 15.4. The first-order valence-corrected chi connectivity index (χ1v) is 6.94. The van der Waals surface area contributed by atoms with Crippen LogP contribution in [0.5, 0.6) is 0 Å². The summed E-state index contributed by atoms with van der Waals surface area (Å²) >= 11 is 5.98. The predicted octanol–water partition coefficient (Wildman–Crippen LogP) is 3.75. The largest absolute Gasteiger partial charge is 0.464 e. The van der Waals surface area contributed by atoms with E-state index in [1.807, 2.05) is 19.1 Å². The van der Waals surface area contributed by atoms with E-state index in [9.17, 15) is 4.79 Å². The van der Waals surface area contributed by atoms with Crippen molar-refractivity contribution in [1.82, 2.24) is 4.98 Å². The average Bonchev–Trinajstić information content (AvgIpc) is 2.48. The van der Waals surface area contributed by atoms with E-state index in [4.69, 9.17) is 16.3 Å². The van der Waals surface area contributed by atoms with Gasteiger partial charge in [0.15, 0.2) is 5.69 Å². The second-order valence-electron chi connectivity index (χ2n) is 4.74. The van der Waals surface area contributed by atoms with Gasteiger partial charge in [-0.15, -0.1) is 0 Å². The second kappa shape index (κ2) is 6.59. The van der Waals surface area contributed by atoms with Crippen LogP contribution in [0.1, 0.15) is 27.2 Å². The topological polar surface area (TPSA) is 51.2 Å². The van der Waals surface area contributed by atoms with Gasteiger partial charge in [-0.1, -0.05) is 35.9 Å². The molecule has 0 aliphatic heterocycles. The molecule has 0 bridgehead atoms. The first kappa shape index (κ1) is 15.3. The molecule has 2 rings (SSSR count). The number of nitrogens with zero attached hydrogens (tertiary/aromatic N) is 1. The third-order valence-electron chi connectivity index (χ3n) is 3.35. The van der Waals surface area contributed by atoms with E-state index in [0.29, 0.717) is 6.54 Å². The number of esters is 1. The van der Waals surface area contributed by atoms with Crippen molar-refractivity contribution in [3.63, 3.8) is 0 Å². The Hall–Kier alpha value is -2.07. The molecular weight excluding hydrogens is 288 g/mol. The van der Waals surface area contributed by atoms with Gasteiger partial charge in [-0.05, 0) is 31.0 Å². The molecule has 0 saturated carbocycles. The van der Waals surface area contributed by atoms with Gasteiger partial charge in [0.25, 0.3) is 0 Å². The fourth-order valence-electron chi connectivity index (χ4n) is 2.06. The minimum absolute atomic E-state index is 0.234. The molecule has 4 nitrogen and oxygen atoms in total. The molecule has 110 valence electrons. The number of methoxy groups -OCH3 is 1. The molecule has 0 amide bonds. The number of anilines is 1. The Morgan fingerprint density at radius 2 is 2.05 bits per heavy atom. The van der Waals surface area contributed by atoms with Crippen LogP contribution in [0, 0.1) is 13.8 Å². The van der Waals surface area contributed by atoms with Crippen LogP contribution < -0.4 is 5.32 Å². The molecule has 0 fully saturated rings. The lowest BCUT2D eigenvalue weighted by atomic mass is 10.1. The quantitative estimate of drug-likeness (QED) is 0.690. The highest BCUT2D eigenvalue weighted by molar-refractivity contribution is 6.29. The fourth-order valence-corrected chi connectivity index (χ4v) is 2.25. The predicted molar refractivity (Wildman–Crippen MR) is 83.8 cm³/mol. The van der Waals surface area contributed by atoms with Gasteiger partial charge in [0, 0.05) is 17.8 Å². The van der Waals surface area contributed by atoms with Crippen LogP contribution in [0.4, 0.5) is 5.69 Å². The third kappa shape index (κ3) is 3.52. The van der Waals surface area contributed by atoms with Gasteiger partial charge in [0.05, 0.1) is 7.11 Å². The van der Waals surface area contributed by atoms with Gasteiger partial charge < -0.3 is 10.1 Å². The zero-order valence-corrected chi connectivity index (χ0v) is 13.0. The first-order chi connectivity index (χ1) is 10.0. The zero-order valence-electron chi connectivity index (χ0n) is 12.2. The van der Waals surface area contributed by atoms with Crippen molar-refractivity contribution < 1.29 is 9.53 Å². The Kier molecular flexibility index (Phi) is 4.81. The number of benzene rings is 1. The highest BCUT2D eigenvalue weighted by atomic mass is 35.5. The van der Waals surface area contributed by atoms with E-state index in [-0.39, 0.29) is 10.8 Å². The summed E-state index contributed by atoms with van der Waals surface area (Å²) in [6, 6.07) is 9.82. The van der Waals surface area contributed by atoms with Crippen LogP contribution in [-0.2, 0) is 11.3 Å². The van der Waals surface area contributed by atoms with Crippen LogP contribution in [0.25, 0.3) is 0 Å². The van der Waals surface area contributed by atoms with Crippen LogP contribution >= 0.6 is 11.6 Å². The second-order valence-corrected chi connectivity index (χ2v) is 5.13. The van der Waals surface area contributed by atoms with Crippen LogP contribution in [-0.4, -0.2) is 18.1 Å². The number of carbonyl (C=O) groups excluding carboxylic acids is 1. The lowest BCUT2D eigenvalue weighted by Gasteiger charge is -2.13. The molecule has 0 atom stereocenters. The van der Waals surface area contributed by atoms with Gasteiger partial charge in [0.2, 0.25) is 0 Å². The van der Waals surface area contributed by atoms with Crippen molar-refractivity contribution in [2.24, 2.45) is 0 Å². The van der Waals surface area contributed by atoms with E-state index in [1.165, 1.54) is 18.2 Å². The van der Waals surface area contributed by atoms with E-state index < -0.39 is 5.97 Å². The van der Waals surface area contributed by atoms with Crippen molar-refractivity contribution in [2.45, 2.75) is 20.4 Å². The standard InChI is InChI=1S/C16H17ClN2O2/c1-10-6-4-5-7-12(10)9-18-13-8-14(17)19-15(11(13)2)16(20)21-3/h4-8H,9H2,1-3H3,(H,18,19). The van der Waals surface area contributed by atoms with Crippen molar-refractivity contribution in [1.29, 1.82) is 0 Å². The number of aryl methyl sites for hydroxylation is 1. The number of ether oxygens (including phenoxy) is 1. The number of halogens is 1. The average molecular weight is 305 g/mol. The maximum atomic E-state index is 11.7. The molecule has 1 heterocycles. The molecule has 1 N–H and O–H groups in total. The summed E-state index contributed by atoms with van der Waals surface area (Å²) in [7, 11) is 1.32. The third-order valence-corrected chi connectivity index (χ3v) is 3.54. The summed E-state index contributed by atoms with van der Waals surface area (Å²) in [6.45, 7) is 4.52. The number of rotatable bonds is 4. The molecule has 5 heteroatoms. The molecule has 0 spiro atoms. The number of aromatic nitrogens is 1. The van der Waals surface area contributed by atoms with E-state index >= 15 is 0 Å². The first-order valence-electron chi connectivity index (χ1n) is 6.56. The van der Waals surface area contributed by atoms with Gasteiger partial charge in [-0.3, -0.25) is 0 Å². The molecule has 0 radical (unpaired) electrons. The van der Waals surface area contributed by atoms with E-state index in [0.717, 1.165) is 11.3 Å². The maximum absolute atomic E-state index is 11.7. The van der Waals surface area contributed by atoms with Crippen LogP contribution in [0.2, 0.25) is 5.15 Å². The molecule has 1 aromatic carbocycles. The number of nitrogens with one attached hydrogen (secondary N) is 1.